The molecule has 4 nitrogen and oxygen atoms in total. The maximum atomic E-state index is 10.7. The molecule has 0 amide bonds. The minimum absolute atomic E-state index is 0.0267. The Morgan fingerprint density at radius 3 is 2.87 bits per heavy atom. The second-order valence-corrected chi connectivity index (χ2v) is 4.54. The van der Waals surface area contributed by atoms with E-state index in [4.69, 9.17) is 4.74 Å². The van der Waals surface area contributed by atoms with Crippen LogP contribution in [0.15, 0.2) is 22.7 Å². The van der Waals surface area contributed by atoms with E-state index in [1.807, 2.05) is 0 Å². The molecule has 1 saturated carbocycles. The molecule has 0 heterocycles. The fourth-order valence-electron chi connectivity index (χ4n) is 1.25. The molecular weight excluding hydrogens is 262 g/mol. The monoisotopic (exact) mass is 271 g/mol. The van der Waals surface area contributed by atoms with Crippen molar-refractivity contribution in [3.63, 3.8) is 0 Å². The first-order chi connectivity index (χ1) is 7.16. The van der Waals surface area contributed by atoms with E-state index in [1.165, 1.54) is 18.9 Å². The molecule has 2 rings (SSSR count). The Hall–Kier alpha value is -1.10. The van der Waals surface area contributed by atoms with Crippen LogP contribution in [0.2, 0.25) is 0 Å². The van der Waals surface area contributed by atoms with Gasteiger partial charge >= 0.3 is 5.69 Å². The zero-order chi connectivity index (χ0) is 10.8. The van der Waals surface area contributed by atoms with Gasteiger partial charge < -0.3 is 4.74 Å². The number of nitro groups is 1. The quantitative estimate of drug-likeness (QED) is 0.625. The highest BCUT2D eigenvalue weighted by atomic mass is 79.9. The highest BCUT2D eigenvalue weighted by Gasteiger charge is 2.24. The Kier molecular flexibility index (Phi) is 2.90. The van der Waals surface area contributed by atoms with E-state index in [0.717, 1.165) is 4.47 Å². The Balaban J connectivity index is 2.16. The third-order valence-electron chi connectivity index (χ3n) is 2.29. The summed E-state index contributed by atoms with van der Waals surface area (Å²) in [6, 6.07) is 4.73. The highest BCUT2D eigenvalue weighted by Crippen LogP contribution is 2.34. The van der Waals surface area contributed by atoms with Crippen LogP contribution in [0.5, 0.6) is 5.75 Å². The minimum atomic E-state index is -0.422. The van der Waals surface area contributed by atoms with Crippen molar-refractivity contribution in [2.24, 2.45) is 5.92 Å². The smallest absolute Gasteiger partial charge is 0.310 e. The predicted molar refractivity (Wildman–Crippen MR) is 59.0 cm³/mol. The van der Waals surface area contributed by atoms with Gasteiger partial charge in [-0.05, 0) is 24.8 Å². The summed E-state index contributed by atoms with van der Waals surface area (Å²) in [6.07, 6.45) is 2.34. The number of hydrogen-bond donors (Lipinski definition) is 0. The number of nitrogens with zero attached hydrogens (tertiary/aromatic N) is 1. The fraction of sp³-hybridized carbons (Fsp3) is 0.400. The molecule has 1 aliphatic carbocycles. The molecular formula is C10H10BrNO3. The third-order valence-corrected chi connectivity index (χ3v) is 2.78. The molecule has 0 aromatic heterocycles. The zero-order valence-corrected chi connectivity index (χ0v) is 9.57. The van der Waals surface area contributed by atoms with Crippen molar-refractivity contribution in [3.8, 4) is 5.75 Å². The number of ether oxygens (including phenoxy) is 1. The maximum Gasteiger partial charge on any atom is 0.310 e. The van der Waals surface area contributed by atoms with Crippen LogP contribution in [0.3, 0.4) is 0 Å². The molecule has 1 aliphatic rings. The molecule has 15 heavy (non-hydrogen) atoms. The van der Waals surface area contributed by atoms with Gasteiger partial charge in [0.05, 0.1) is 11.5 Å². The number of nitro benzene ring substituents is 1. The predicted octanol–water partition coefficient (Wildman–Crippen LogP) is 3.15. The molecule has 0 saturated heterocycles. The molecule has 5 heteroatoms. The van der Waals surface area contributed by atoms with E-state index < -0.39 is 4.92 Å². The molecule has 0 atom stereocenters. The van der Waals surface area contributed by atoms with Crippen molar-refractivity contribution >= 4 is 21.6 Å². The highest BCUT2D eigenvalue weighted by molar-refractivity contribution is 9.10. The van der Waals surface area contributed by atoms with Gasteiger partial charge in [0.15, 0.2) is 5.75 Å². The van der Waals surface area contributed by atoms with Gasteiger partial charge in [0.1, 0.15) is 0 Å². The third kappa shape index (κ3) is 2.68. The number of halogens is 1. The van der Waals surface area contributed by atoms with Crippen LogP contribution >= 0.6 is 15.9 Å². The average molecular weight is 272 g/mol. The first kappa shape index (κ1) is 10.4. The van der Waals surface area contributed by atoms with Crippen LogP contribution in [0.1, 0.15) is 12.8 Å². The summed E-state index contributed by atoms with van der Waals surface area (Å²) in [5, 5.41) is 10.7. The summed E-state index contributed by atoms with van der Waals surface area (Å²) in [7, 11) is 0. The van der Waals surface area contributed by atoms with Gasteiger partial charge in [0.2, 0.25) is 0 Å². The average Bonchev–Trinajstić information content (AvgIpc) is 2.97. The van der Waals surface area contributed by atoms with Crippen molar-refractivity contribution in [2.75, 3.05) is 6.61 Å². The SMILES string of the molecule is O=[N+]([O-])c1ccc(Br)cc1OCC1CC1. The summed E-state index contributed by atoms with van der Waals surface area (Å²) in [6.45, 7) is 0.581. The van der Waals surface area contributed by atoms with Crippen LogP contribution in [0, 0.1) is 16.0 Å². The van der Waals surface area contributed by atoms with Crippen LogP contribution in [-0.2, 0) is 0 Å². The molecule has 0 bridgehead atoms. The van der Waals surface area contributed by atoms with E-state index in [9.17, 15) is 10.1 Å². The van der Waals surface area contributed by atoms with Gasteiger partial charge in [-0.25, -0.2) is 0 Å². The minimum Gasteiger partial charge on any atom is -0.486 e. The van der Waals surface area contributed by atoms with Crippen molar-refractivity contribution in [3.05, 3.63) is 32.8 Å². The zero-order valence-electron chi connectivity index (χ0n) is 7.98. The first-order valence-corrected chi connectivity index (χ1v) is 5.53. The Morgan fingerprint density at radius 2 is 2.27 bits per heavy atom. The molecule has 1 fully saturated rings. The van der Waals surface area contributed by atoms with E-state index in [2.05, 4.69) is 15.9 Å². The van der Waals surface area contributed by atoms with E-state index in [0.29, 0.717) is 18.3 Å². The van der Waals surface area contributed by atoms with Crippen LogP contribution in [0.4, 0.5) is 5.69 Å². The van der Waals surface area contributed by atoms with E-state index in [-0.39, 0.29) is 5.69 Å². The van der Waals surface area contributed by atoms with Gasteiger partial charge in [-0.1, -0.05) is 15.9 Å². The Morgan fingerprint density at radius 1 is 1.53 bits per heavy atom. The summed E-state index contributed by atoms with van der Waals surface area (Å²) in [5.41, 5.74) is 0.0267. The number of benzene rings is 1. The normalized spacial score (nSPS) is 15.0. The van der Waals surface area contributed by atoms with Gasteiger partial charge in [-0.15, -0.1) is 0 Å². The topological polar surface area (TPSA) is 52.4 Å². The number of rotatable bonds is 4. The lowest BCUT2D eigenvalue weighted by molar-refractivity contribution is -0.385. The molecule has 0 unspecified atom stereocenters. The summed E-state index contributed by atoms with van der Waals surface area (Å²) in [5.74, 6) is 0.935. The maximum absolute atomic E-state index is 10.7. The molecule has 80 valence electrons. The summed E-state index contributed by atoms with van der Waals surface area (Å²) >= 11 is 3.27. The molecule has 0 spiro atoms. The molecule has 0 N–H and O–H groups in total. The van der Waals surface area contributed by atoms with Crippen LogP contribution in [-0.4, -0.2) is 11.5 Å². The van der Waals surface area contributed by atoms with E-state index in [1.54, 1.807) is 12.1 Å². The molecule has 0 aliphatic heterocycles. The standard InChI is InChI=1S/C10H10BrNO3/c11-8-3-4-9(12(13)14)10(5-8)15-6-7-1-2-7/h3-5,7H,1-2,6H2. The largest absolute Gasteiger partial charge is 0.486 e. The first-order valence-electron chi connectivity index (χ1n) is 4.73. The summed E-state index contributed by atoms with van der Waals surface area (Å²) < 4.78 is 6.22. The molecule has 0 radical (unpaired) electrons. The molecule has 1 aromatic carbocycles. The van der Waals surface area contributed by atoms with Crippen LogP contribution in [0.25, 0.3) is 0 Å². The number of hydrogen-bond acceptors (Lipinski definition) is 3. The summed E-state index contributed by atoms with van der Waals surface area (Å²) in [4.78, 5) is 10.3. The van der Waals surface area contributed by atoms with E-state index >= 15 is 0 Å². The van der Waals surface area contributed by atoms with Gasteiger partial charge in [0.25, 0.3) is 0 Å². The van der Waals surface area contributed by atoms with Gasteiger partial charge in [-0.2, -0.15) is 0 Å². The Labute approximate surface area is 95.5 Å². The van der Waals surface area contributed by atoms with Crippen molar-refractivity contribution in [1.29, 1.82) is 0 Å². The fourth-order valence-corrected chi connectivity index (χ4v) is 1.59. The molecule has 1 aromatic rings. The second-order valence-electron chi connectivity index (χ2n) is 3.62. The Bertz CT molecular complexity index is 390. The lowest BCUT2D eigenvalue weighted by atomic mass is 10.3. The lowest BCUT2D eigenvalue weighted by Crippen LogP contribution is -2.01. The van der Waals surface area contributed by atoms with Gasteiger partial charge in [-0.3, -0.25) is 10.1 Å². The lowest BCUT2D eigenvalue weighted by Gasteiger charge is -2.05. The van der Waals surface area contributed by atoms with Crippen LogP contribution < -0.4 is 4.74 Å². The van der Waals surface area contributed by atoms with Crippen molar-refractivity contribution < 1.29 is 9.66 Å². The van der Waals surface area contributed by atoms with Gasteiger partial charge in [0, 0.05) is 16.6 Å². The van der Waals surface area contributed by atoms with Crippen molar-refractivity contribution in [2.45, 2.75) is 12.8 Å². The van der Waals surface area contributed by atoms with Crippen molar-refractivity contribution in [1.82, 2.24) is 0 Å². The second kappa shape index (κ2) is 4.18.